The average Bonchev–Trinajstić information content (AvgIpc) is 2.76. The summed E-state index contributed by atoms with van der Waals surface area (Å²) in [5, 5.41) is 7.32. The highest BCUT2D eigenvalue weighted by molar-refractivity contribution is 7.93. The number of nitrogens with zero attached hydrogens (tertiary/aromatic N) is 1. The molecule has 0 fully saturated rings. The van der Waals surface area contributed by atoms with E-state index in [0.717, 1.165) is 23.1 Å². The summed E-state index contributed by atoms with van der Waals surface area (Å²) in [5.41, 5.74) is 1.57. The Kier molecular flexibility index (Phi) is 4.63. The minimum Gasteiger partial charge on any atom is -0.424 e. The molecular formula is C10H12N2O4S. The number of oxazole rings is 1. The van der Waals surface area contributed by atoms with Crippen LogP contribution in [0.2, 0.25) is 0 Å². The molecule has 2 rings (SSSR count). The van der Waals surface area contributed by atoms with Crippen LogP contribution in [-0.2, 0) is 14.3 Å². The van der Waals surface area contributed by atoms with Crippen molar-refractivity contribution in [1.29, 1.82) is 0 Å². The maximum Gasteiger partial charge on any atom is 0.295 e. The SMILES string of the molecule is CSOOOCCNc1nc2ccccc2o1. The zero-order chi connectivity index (χ0) is 11.9. The molecule has 1 N–H and O–H groups in total. The molecule has 0 aliphatic heterocycles. The van der Waals surface area contributed by atoms with Crippen LogP contribution in [-0.4, -0.2) is 24.4 Å². The predicted molar refractivity (Wildman–Crippen MR) is 64.1 cm³/mol. The van der Waals surface area contributed by atoms with Crippen LogP contribution >= 0.6 is 12.0 Å². The van der Waals surface area contributed by atoms with Crippen molar-refractivity contribution in [3.05, 3.63) is 24.3 Å². The lowest BCUT2D eigenvalue weighted by molar-refractivity contribution is -0.458. The molecule has 2 aromatic rings. The van der Waals surface area contributed by atoms with Gasteiger partial charge in [-0.3, -0.25) is 0 Å². The predicted octanol–water partition coefficient (Wildman–Crippen LogP) is 2.40. The van der Waals surface area contributed by atoms with Gasteiger partial charge in [0.1, 0.15) is 12.1 Å². The Balaban J connectivity index is 1.75. The highest BCUT2D eigenvalue weighted by Crippen LogP contribution is 2.17. The third-order valence-corrected chi connectivity index (χ3v) is 2.09. The minimum absolute atomic E-state index is 0.319. The van der Waals surface area contributed by atoms with E-state index in [1.165, 1.54) is 0 Å². The van der Waals surface area contributed by atoms with Crippen LogP contribution in [0.15, 0.2) is 28.7 Å². The summed E-state index contributed by atoms with van der Waals surface area (Å²) in [6.07, 6.45) is 1.72. The van der Waals surface area contributed by atoms with Gasteiger partial charge in [-0.1, -0.05) is 17.2 Å². The van der Waals surface area contributed by atoms with Gasteiger partial charge in [-0.15, -0.1) is 4.33 Å². The van der Waals surface area contributed by atoms with Gasteiger partial charge in [0, 0.05) is 24.8 Å². The molecule has 6 nitrogen and oxygen atoms in total. The van der Waals surface area contributed by atoms with Crippen LogP contribution in [0, 0.1) is 0 Å². The van der Waals surface area contributed by atoms with Crippen molar-refractivity contribution in [3.8, 4) is 0 Å². The number of rotatable bonds is 7. The van der Waals surface area contributed by atoms with E-state index in [4.69, 9.17) is 9.30 Å². The van der Waals surface area contributed by atoms with Crippen LogP contribution in [0.4, 0.5) is 6.01 Å². The molecule has 0 radical (unpaired) electrons. The number of benzene rings is 1. The summed E-state index contributed by atoms with van der Waals surface area (Å²) in [5.74, 6) is 0. The summed E-state index contributed by atoms with van der Waals surface area (Å²) in [6, 6.07) is 8.01. The zero-order valence-corrected chi connectivity index (χ0v) is 10.0. The van der Waals surface area contributed by atoms with Gasteiger partial charge in [0.25, 0.3) is 6.01 Å². The first-order valence-electron chi connectivity index (χ1n) is 4.98. The Labute approximate surface area is 102 Å². The van der Waals surface area contributed by atoms with Crippen LogP contribution < -0.4 is 5.32 Å². The fourth-order valence-corrected chi connectivity index (χ4v) is 1.32. The van der Waals surface area contributed by atoms with Gasteiger partial charge < -0.3 is 9.73 Å². The molecule has 0 unspecified atom stereocenters. The molecule has 0 bridgehead atoms. The molecule has 0 spiro atoms. The molecule has 1 heterocycles. The van der Waals surface area contributed by atoms with Gasteiger partial charge in [0.2, 0.25) is 0 Å². The van der Waals surface area contributed by atoms with Crippen molar-refractivity contribution < 1.29 is 18.7 Å². The molecular weight excluding hydrogens is 244 g/mol. The van der Waals surface area contributed by atoms with Gasteiger partial charge >= 0.3 is 0 Å². The molecule has 0 saturated carbocycles. The first-order chi connectivity index (χ1) is 8.40. The maximum absolute atomic E-state index is 5.44. The maximum atomic E-state index is 5.44. The van der Waals surface area contributed by atoms with Gasteiger partial charge in [0.15, 0.2) is 5.58 Å². The second-order valence-corrected chi connectivity index (χ2v) is 3.51. The van der Waals surface area contributed by atoms with E-state index in [9.17, 15) is 0 Å². The molecule has 0 saturated heterocycles. The third kappa shape index (κ3) is 3.60. The first-order valence-corrected chi connectivity index (χ1v) is 6.13. The molecule has 0 amide bonds. The van der Waals surface area contributed by atoms with Gasteiger partial charge in [0.05, 0.1) is 0 Å². The van der Waals surface area contributed by atoms with Gasteiger partial charge in [-0.05, 0) is 12.1 Å². The Morgan fingerprint density at radius 3 is 3.12 bits per heavy atom. The number of hydrogen-bond acceptors (Lipinski definition) is 7. The molecule has 0 aliphatic rings. The third-order valence-electron chi connectivity index (χ3n) is 1.90. The Morgan fingerprint density at radius 2 is 2.29 bits per heavy atom. The number of aromatic nitrogens is 1. The van der Waals surface area contributed by atoms with E-state index < -0.39 is 0 Å². The normalized spacial score (nSPS) is 10.9. The van der Waals surface area contributed by atoms with Crippen LogP contribution in [0.1, 0.15) is 0 Å². The number of nitrogens with one attached hydrogen (secondary N) is 1. The number of para-hydroxylation sites is 2. The van der Waals surface area contributed by atoms with E-state index >= 15 is 0 Å². The van der Waals surface area contributed by atoms with E-state index in [2.05, 4.69) is 19.7 Å². The van der Waals surface area contributed by atoms with Crippen molar-refractivity contribution in [2.75, 3.05) is 24.7 Å². The number of anilines is 1. The monoisotopic (exact) mass is 256 g/mol. The second-order valence-electron chi connectivity index (χ2n) is 3.04. The molecule has 17 heavy (non-hydrogen) atoms. The van der Waals surface area contributed by atoms with Crippen molar-refractivity contribution in [3.63, 3.8) is 0 Å². The van der Waals surface area contributed by atoms with E-state index in [0.29, 0.717) is 19.2 Å². The van der Waals surface area contributed by atoms with Crippen molar-refractivity contribution in [2.24, 2.45) is 0 Å². The Bertz CT molecular complexity index is 429. The van der Waals surface area contributed by atoms with E-state index in [1.807, 2.05) is 24.3 Å². The minimum atomic E-state index is 0.319. The second kappa shape index (κ2) is 6.45. The lowest BCUT2D eigenvalue weighted by Gasteiger charge is -2.00. The van der Waals surface area contributed by atoms with E-state index in [-0.39, 0.29) is 0 Å². The summed E-state index contributed by atoms with van der Waals surface area (Å²) >= 11 is 1.06. The molecule has 1 aromatic carbocycles. The highest BCUT2D eigenvalue weighted by Gasteiger charge is 2.03. The van der Waals surface area contributed by atoms with Crippen LogP contribution in [0.25, 0.3) is 11.1 Å². The standard InChI is InChI=1S/C10H12N2O4S/c1-17-16-15-13-7-6-11-10-12-8-4-2-3-5-9(8)14-10/h2-5H,6-7H2,1H3,(H,11,12). The Hall–Kier alpha value is -1.28. The van der Waals surface area contributed by atoms with Crippen LogP contribution in [0.3, 0.4) is 0 Å². The summed E-state index contributed by atoms with van der Waals surface area (Å²) < 4.78 is 9.90. The number of fused-ring (bicyclic) bond motifs is 1. The Morgan fingerprint density at radius 1 is 1.41 bits per heavy atom. The largest absolute Gasteiger partial charge is 0.424 e. The fraction of sp³-hybridized carbons (Fsp3) is 0.300. The topological polar surface area (TPSA) is 65.8 Å². The average molecular weight is 256 g/mol. The van der Waals surface area contributed by atoms with Crippen molar-refractivity contribution in [2.45, 2.75) is 0 Å². The van der Waals surface area contributed by atoms with Crippen molar-refractivity contribution >= 4 is 29.2 Å². The first kappa shape index (κ1) is 12.2. The molecule has 7 heteroatoms. The highest BCUT2D eigenvalue weighted by atomic mass is 32.2. The lowest BCUT2D eigenvalue weighted by atomic mass is 10.3. The molecule has 0 atom stereocenters. The smallest absolute Gasteiger partial charge is 0.295 e. The molecule has 0 aliphatic carbocycles. The van der Waals surface area contributed by atoms with Gasteiger partial charge in [-0.25, -0.2) is 4.89 Å². The quantitative estimate of drug-likeness (QED) is 0.353. The van der Waals surface area contributed by atoms with Gasteiger partial charge in [-0.2, -0.15) is 4.98 Å². The zero-order valence-electron chi connectivity index (χ0n) is 9.21. The number of hydrogen-bond donors (Lipinski definition) is 1. The summed E-state index contributed by atoms with van der Waals surface area (Å²) in [4.78, 5) is 8.93. The molecule has 1 aromatic heterocycles. The van der Waals surface area contributed by atoms with Crippen molar-refractivity contribution in [1.82, 2.24) is 4.98 Å². The lowest BCUT2D eigenvalue weighted by Crippen LogP contribution is -2.09. The molecule has 92 valence electrons. The summed E-state index contributed by atoms with van der Waals surface area (Å²) in [7, 11) is 0. The summed E-state index contributed by atoms with van der Waals surface area (Å²) in [6.45, 7) is 0.823. The fourth-order valence-electron chi connectivity index (χ4n) is 1.23. The van der Waals surface area contributed by atoms with Crippen LogP contribution in [0.5, 0.6) is 0 Å². The van der Waals surface area contributed by atoms with E-state index in [1.54, 1.807) is 6.26 Å².